The van der Waals surface area contributed by atoms with Gasteiger partial charge in [-0.25, -0.2) is 4.99 Å². The molecular formula is C25H29N3O3S. The van der Waals surface area contributed by atoms with E-state index < -0.39 is 5.25 Å². The number of aryl methyl sites for hydroxylation is 2. The Kier molecular flexibility index (Phi) is 6.84. The molecule has 32 heavy (non-hydrogen) atoms. The first-order chi connectivity index (χ1) is 15.5. The molecule has 1 aliphatic carbocycles. The molecule has 2 fully saturated rings. The lowest BCUT2D eigenvalue weighted by atomic mass is 10.1. The molecular weight excluding hydrogens is 422 g/mol. The zero-order chi connectivity index (χ0) is 22.7. The molecule has 1 N–H and O–H groups in total. The van der Waals surface area contributed by atoms with E-state index in [2.05, 4.69) is 18.3 Å². The highest BCUT2D eigenvalue weighted by Gasteiger charge is 2.43. The van der Waals surface area contributed by atoms with Crippen LogP contribution in [0.5, 0.6) is 5.75 Å². The van der Waals surface area contributed by atoms with Gasteiger partial charge in [-0.2, -0.15) is 0 Å². The molecule has 0 radical (unpaired) electrons. The maximum absolute atomic E-state index is 13.4. The summed E-state index contributed by atoms with van der Waals surface area (Å²) in [6.07, 6.45) is 4.30. The SMILES string of the molecule is COc1ccccc1NC(=O)C[C@H]1SC(=Nc2ccc(C)cc2C)N(C2CCCC2)C1=O. The summed E-state index contributed by atoms with van der Waals surface area (Å²) in [6, 6.07) is 13.6. The van der Waals surface area contributed by atoms with E-state index >= 15 is 0 Å². The van der Waals surface area contributed by atoms with Gasteiger partial charge in [0, 0.05) is 12.5 Å². The number of aliphatic imine (C=N–C) groups is 1. The lowest BCUT2D eigenvalue weighted by Gasteiger charge is -2.23. The van der Waals surface area contributed by atoms with E-state index in [-0.39, 0.29) is 24.3 Å². The number of hydrogen-bond acceptors (Lipinski definition) is 5. The van der Waals surface area contributed by atoms with E-state index in [9.17, 15) is 9.59 Å². The van der Waals surface area contributed by atoms with E-state index in [1.54, 1.807) is 19.2 Å². The molecule has 168 valence electrons. The van der Waals surface area contributed by atoms with Crippen LogP contribution >= 0.6 is 11.8 Å². The normalized spacial score (nSPS) is 20.2. The average Bonchev–Trinajstić information content (AvgIpc) is 3.39. The summed E-state index contributed by atoms with van der Waals surface area (Å²) in [5, 5.41) is 3.12. The molecule has 2 amide bonds. The van der Waals surface area contributed by atoms with E-state index in [4.69, 9.17) is 9.73 Å². The number of para-hydroxylation sites is 2. The zero-order valence-corrected chi connectivity index (χ0v) is 19.6. The van der Waals surface area contributed by atoms with Gasteiger partial charge in [0.25, 0.3) is 0 Å². The number of rotatable bonds is 6. The first kappa shape index (κ1) is 22.4. The molecule has 2 aromatic rings. The quantitative estimate of drug-likeness (QED) is 0.654. The molecule has 6 nitrogen and oxygen atoms in total. The maximum Gasteiger partial charge on any atom is 0.242 e. The number of carbonyl (C=O) groups excluding carboxylic acids is 2. The summed E-state index contributed by atoms with van der Waals surface area (Å²) < 4.78 is 5.31. The summed E-state index contributed by atoms with van der Waals surface area (Å²) in [5.74, 6) is 0.371. The molecule has 0 bridgehead atoms. The van der Waals surface area contributed by atoms with Gasteiger partial charge in [0.1, 0.15) is 11.0 Å². The number of nitrogens with zero attached hydrogens (tertiary/aromatic N) is 2. The van der Waals surface area contributed by atoms with Crippen molar-refractivity contribution in [1.82, 2.24) is 4.90 Å². The smallest absolute Gasteiger partial charge is 0.242 e. The third-order valence-electron chi connectivity index (χ3n) is 5.98. The lowest BCUT2D eigenvalue weighted by Crippen LogP contribution is -2.40. The van der Waals surface area contributed by atoms with Crippen molar-refractivity contribution in [3.05, 3.63) is 53.6 Å². The molecule has 0 spiro atoms. The fourth-order valence-electron chi connectivity index (χ4n) is 4.34. The first-order valence-corrected chi connectivity index (χ1v) is 11.9. The fraction of sp³-hybridized carbons (Fsp3) is 0.400. The molecule has 1 saturated heterocycles. The van der Waals surface area contributed by atoms with Gasteiger partial charge in [-0.1, -0.05) is 54.4 Å². The summed E-state index contributed by atoms with van der Waals surface area (Å²) >= 11 is 1.40. The van der Waals surface area contributed by atoms with Crippen molar-refractivity contribution in [2.75, 3.05) is 12.4 Å². The molecule has 1 heterocycles. The van der Waals surface area contributed by atoms with Crippen molar-refractivity contribution in [2.45, 2.75) is 57.2 Å². The van der Waals surface area contributed by atoms with Gasteiger partial charge < -0.3 is 10.1 Å². The molecule has 0 unspecified atom stereocenters. The van der Waals surface area contributed by atoms with Gasteiger partial charge in [0.2, 0.25) is 11.8 Å². The predicted octanol–water partition coefficient (Wildman–Crippen LogP) is 5.21. The number of anilines is 1. The summed E-state index contributed by atoms with van der Waals surface area (Å²) in [4.78, 5) is 32.9. The molecule has 1 atom stereocenters. The van der Waals surface area contributed by atoms with Crippen LogP contribution in [0.25, 0.3) is 0 Å². The Morgan fingerprint density at radius 3 is 2.66 bits per heavy atom. The van der Waals surface area contributed by atoms with Crippen molar-refractivity contribution < 1.29 is 14.3 Å². The van der Waals surface area contributed by atoms with Crippen molar-refractivity contribution in [3.63, 3.8) is 0 Å². The second kappa shape index (κ2) is 9.77. The predicted molar refractivity (Wildman–Crippen MR) is 130 cm³/mol. The summed E-state index contributed by atoms with van der Waals surface area (Å²) in [7, 11) is 1.57. The van der Waals surface area contributed by atoms with Gasteiger partial charge in [-0.05, 0) is 50.5 Å². The molecule has 1 aliphatic heterocycles. The molecule has 2 aromatic carbocycles. The minimum Gasteiger partial charge on any atom is -0.495 e. The van der Waals surface area contributed by atoms with Crippen LogP contribution in [0.3, 0.4) is 0 Å². The number of amides is 2. The van der Waals surface area contributed by atoms with Crippen LogP contribution in [0.4, 0.5) is 11.4 Å². The molecule has 2 aliphatic rings. The molecule has 1 saturated carbocycles. The molecule has 0 aromatic heterocycles. The van der Waals surface area contributed by atoms with Crippen LogP contribution in [0.1, 0.15) is 43.2 Å². The van der Waals surface area contributed by atoms with E-state index in [0.29, 0.717) is 16.6 Å². The van der Waals surface area contributed by atoms with Gasteiger partial charge in [-0.15, -0.1) is 0 Å². The number of benzene rings is 2. The van der Waals surface area contributed by atoms with Crippen LogP contribution in [0.2, 0.25) is 0 Å². The Balaban J connectivity index is 1.55. The first-order valence-electron chi connectivity index (χ1n) is 11.0. The van der Waals surface area contributed by atoms with Crippen LogP contribution < -0.4 is 10.1 Å². The van der Waals surface area contributed by atoms with Crippen molar-refractivity contribution in [3.8, 4) is 5.75 Å². The molecule has 4 rings (SSSR count). The second-order valence-electron chi connectivity index (χ2n) is 8.39. The van der Waals surface area contributed by atoms with E-state index in [0.717, 1.165) is 36.9 Å². The number of thioether (sulfide) groups is 1. The van der Waals surface area contributed by atoms with Crippen LogP contribution in [0.15, 0.2) is 47.5 Å². The minimum absolute atomic E-state index is 0.0133. The number of methoxy groups -OCH3 is 1. The standard InChI is InChI=1S/C25H29N3O3S/c1-16-12-13-19(17(2)14-16)27-25-28(18-8-4-5-9-18)24(30)22(32-25)15-23(29)26-20-10-6-7-11-21(20)31-3/h6-7,10-14,18,22H,4-5,8-9,15H2,1-3H3,(H,26,29)/t22-/m1/s1. The van der Waals surface area contributed by atoms with Gasteiger partial charge >= 0.3 is 0 Å². The van der Waals surface area contributed by atoms with Crippen molar-refractivity contribution in [2.24, 2.45) is 4.99 Å². The number of carbonyl (C=O) groups is 2. The Hall–Kier alpha value is -2.80. The largest absolute Gasteiger partial charge is 0.495 e. The third kappa shape index (κ3) is 4.83. The average molecular weight is 452 g/mol. The van der Waals surface area contributed by atoms with Crippen LogP contribution in [-0.4, -0.2) is 40.3 Å². The lowest BCUT2D eigenvalue weighted by molar-refractivity contribution is -0.129. The number of nitrogens with one attached hydrogen (secondary N) is 1. The summed E-state index contributed by atoms with van der Waals surface area (Å²) in [5.41, 5.74) is 3.73. The highest BCUT2D eigenvalue weighted by molar-refractivity contribution is 8.15. The Bertz CT molecular complexity index is 1050. The minimum atomic E-state index is -0.477. The number of ether oxygens (including phenoxy) is 1. The molecule has 7 heteroatoms. The summed E-state index contributed by atoms with van der Waals surface area (Å²) in [6.45, 7) is 4.09. The maximum atomic E-state index is 13.4. The highest BCUT2D eigenvalue weighted by atomic mass is 32.2. The third-order valence-corrected chi connectivity index (χ3v) is 7.13. The highest BCUT2D eigenvalue weighted by Crippen LogP contribution is 2.38. The number of hydrogen-bond donors (Lipinski definition) is 1. The fourth-order valence-corrected chi connectivity index (χ4v) is 5.55. The zero-order valence-electron chi connectivity index (χ0n) is 18.8. The van der Waals surface area contributed by atoms with Gasteiger partial charge in [0.05, 0.1) is 18.5 Å². The Morgan fingerprint density at radius 1 is 1.19 bits per heavy atom. The monoisotopic (exact) mass is 451 g/mol. The van der Waals surface area contributed by atoms with Crippen molar-refractivity contribution >= 4 is 40.1 Å². The van der Waals surface area contributed by atoms with Gasteiger partial charge in [-0.3, -0.25) is 14.5 Å². The van der Waals surface area contributed by atoms with Crippen LogP contribution in [0, 0.1) is 13.8 Å². The Labute approximate surface area is 193 Å². The van der Waals surface area contributed by atoms with E-state index in [1.165, 1.54) is 17.3 Å². The Morgan fingerprint density at radius 2 is 1.94 bits per heavy atom. The van der Waals surface area contributed by atoms with Crippen LogP contribution in [-0.2, 0) is 9.59 Å². The number of amidine groups is 1. The van der Waals surface area contributed by atoms with E-state index in [1.807, 2.05) is 36.1 Å². The topological polar surface area (TPSA) is 71.0 Å². The van der Waals surface area contributed by atoms with Crippen molar-refractivity contribution in [1.29, 1.82) is 0 Å². The second-order valence-corrected chi connectivity index (χ2v) is 9.56. The van der Waals surface area contributed by atoms with Gasteiger partial charge in [0.15, 0.2) is 5.17 Å².